The Morgan fingerprint density at radius 1 is 1.32 bits per heavy atom. The highest BCUT2D eigenvalue weighted by Crippen LogP contribution is 2.32. The molecule has 0 bridgehead atoms. The summed E-state index contributed by atoms with van der Waals surface area (Å²) in [7, 11) is 3.35. The molecular formula is C25H29N6O3+. The van der Waals surface area contributed by atoms with Gasteiger partial charge in [0.1, 0.15) is 29.3 Å². The van der Waals surface area contributed by atoms with Gasteiger partial charge in [-0.05, 0) is 35.7 Å². The fraction of sp³-hybridized carbons (Fsp3) is 0.280. The molecule has 3 N–H and O–H groups in total. The van der Waals surface area contributed by atoms with Gasteiger partial charge in [0.05, 0.1) is 18.8 Å². The number of nitrogens with two attached hydrogens (primary N) is 1. The van der Waals surface area contributed by atoms with Crippen molar-refractivity contribution < 1.29 is 19.0 Å². The molecule has 9 nitrogen and oxygen atoms in total. The minimum absolute atomic E-state index is 0.0662. The van der Waals surface area contributed by atoms with Crippen molar-refractivity contribution in [1.29, 1.82) is 0 Å². The van der Waals surface area contributed by atoms with Crippen molar-refractivity contribution in [1.82, 2.24) is 20.0 Å². The van der Waals surface area contributed by atoms with E-state index >= 15 is 0 Å². The zero-order valence-corrected chi connectivity index (χ0v) is 19.3. The van der Waals surface area contributed by atoms with Gasteiger partial charge in [0.25, 0.3) is 0 Å². The summed E-state index contributed by atoms with van der Waals surface area (Å²) in [6.07, 6.45) is 11.5. The lowest BCUT2D eigenvalue weighted by molar-refractivity contribution is -0.728. The molecule has 1 aromatic carbocycles. The first-order valence-corrected chi connectivity index (χ1v) is 11.1. The number of rotatable bonds is 9. The van der Waals surface area contributed by atoms with Gasteiger partial charge in [-0.3, -0.25) is 4.79 Å². The number of methoxy groups -OCH3 is 1. The fourth-order valence-corrected chi connectivity index (χ4v) is 3.78. The summed E-state index contributed by atoms with van der Waals surface area (Å²) in [5, 5.41) is 4.25. The van der Waals surface area contributed by atoms with Gasteiger partial charge in [0.15, 0.2) is 0 Å². The minimum atomic E-state index is -0.0887. The lowest BCUT2D eigenvalue weighted by Crippen LogP contribution is -2.43. The van der Waals surface area contributed by atoms with E-state index < -0.39 is 0 Å². The molecule has 176 valence electrons. The average Bonchev–Trinajstić information content (AvgIpc) is 3.23. The third-order valence-electron chi connectivity index (χ3n) is 5.61. The fourth-order valence-electron chi connectivity index (χ4n) is 3.78. The molecule has 9 heteroatoms. The molecule has 1 unspecified atom stereocenters. The number of allylic oxidation sites excluding steroid dienone is 3. The number of hydrogen-bond donors (Lipinski definition) is 2. The second-order valence-corrected chi connectivity index (χ2v) is 7.98. The molecule has 1 amide bonds. The van der Waals surface area contributed by atoms with Crippen LogP contribution in [-0.2, 0) is 16.1 Å². The van der Waals surface area contributed by atoms with Gasteiger partial charge in [-0.15, -0.1) is 0 Å². The number of carbonyl (C=O) groups is 1. The van der Waals surface area contributed by atoms with E-state index in [1.165, 1.54) is 12.4 Å². The zero-order chi connectivity index (χ0) is 23.9. The van der Waals surface area contributed by atoms with Crippen molar-refractivity contribution >= 4 is 22.8 Å². The summed E-state index contributed by atoms with van der Waals surface area (Å²) >= 11 is 0. The molecule has 1 aliphatic carbocycles. The van der Waals surface area contributed by atoms with Crippen molar-refractivity contribution in [3.05, 3.63) is 78.5 Å². The highest BCUT2D eigenvalue weighted by molar-refractivity contribution is 5.87. The molecule has 3 aromatic rings. The Balaban J connectivity index is 1.50. The highest BCUT2D eigenvalue weighted by Gasteiger charge is 2.26. The second-order valence-electron chi connectivity index (χ2n) is 7.98. The molecule has 0 radical (unpaired) electrons. The number of ether oxygens (including phenoxy) is 2. The summed E-state index contributed by atoms with van der Waals surface area (Å²) < 4.78 is 12.8. The predicted molar refractivity (Wildman–Crippen MR) is 129 cm³/mol. The van der Waals surface area contributed by atoms with E-state index in [9.17, 15) is 4.79 Å². The Kier molecular flexibility index (Phi) is 7.34. The largest absolute Gasteiger partial charge is 0.458 e. The van der Waals surface area contributed by atoms with Crippen LogP contribution in [0.3, 0.4) is 0 Å². The Hall–Kier alpha value is -3.98. The number of amides is 1. The molecule has 1 aliphatic rings. The Labute approximate surface area is 198 Å². The van der Waals surface area contributed by atoms with Crippen LogP contribution in [-0.4, -0.2) is 53.2 Å². The SMILES string of the molecule is COCC=CC(=O)N(C)CC[n+]1[nH]c(C2C=CC(Oc3ccccc3)=CC2)c2c(N)ncnc21. The first kappa shape index (κ1) is 23.2. The van der Waals surface area contributed by atoms with E-state index in [-0.39, 0.29) is 11.8 Å². The maximum absolute atomic E-state index is 12.3. The monoisotopic (exact) mass is 461 g/mol. The maximum atomic E-state index is 12.3. The van der Waals surface area contributed by atoms with E-state index in [0.29, 0.717) is 31.2 Å². The number of nitrogen functional groups attached to an aromatic ring is 1. The topological polar surface area (TPSA) is 110 Å². The first-order chi connectivity index (χ1) is 16.6. The van der Waals surface area contributed by atoms with Gasteiger partial charge in [-0.1, -0.05) is 30.4 Å². The molecule has 1 atom stereocenters. The Morgan fingerprint density at radius 3 is 2.88 bits per heavy atom. The molecule has 34 heavy (non-hydrogen) atoms. The van der Waals surface area contributed by atoms with Gasteiger partial charge >= 0.3 is 5.65 Å². The number of nitrogens with zero attached hydrogens (tertiary/aromatic N) is 4. The van der Waals surface area contributed by atoms with Crippen molar-refractivity contribution in [2.75, 3.05) is 33.0 Å². The number of aromatic amines is 1. The van der Waals surface area contributed by atoms with Crippen LogP contribution in [0.25, 0.3) is 11.0 Å². The number of carbonyl (C=O) groups excluding carboxylic acids is 1. The standard InChI is InChI=1S/C25H28N6O3/c1-30(21(32)9-6-16-33-2)14-15-31-25-22(24(26)27-17-28-25)23(29-31)18-10-12-20(13-11-18)34-19-7-4-3-5-8-19/h3-10,12-13,17-18H,11,14-16H2,1-2H3,(H2,26,27,28,29)/p+1. The van der Waals surface area contributed by atoms with Crippen LogP contribution >= 0.6 is 0 Å². The van der Waals surface area contributed by atoms with Crippen LogP contribution in [0.2, 0.25) is 0 Å². The quantitative estimate of drug-likeness (QED) is 0.374. The summed E-state index contributed by atoms with van der Waals surface area (Å²) in [6.45, 7) is 1.42. The van der Waals surface area contributed by atoms with Crippen molar-refractivity contribution in [3.63, 3.8) is 0 Å². The third kappa shape index (κ3) is 5.32. The summed E-state index contributed by atoms with van der Waals surface area (Å²) in [6, 6.07) is 9.69. The van der Waals surface area contributed by atoms with Gasteiger partial charge in [0, 0.05) is 26.2 Å². The van der Waals surface area contributed by atoms with Crippen LogP contribution in [0, 0.1) is 0 Å². The average molecular weight is 462 g/mol. The number of H-pyrrole nitrogens is 1. The van der Waals surface area contributed by atoms with E-state index in [2.05, 4.69) is 27.2 Å². The first-order valence-electron chi connectivity index (χ1n) is 11.1. The van der Waals surface area contributed by atoms with Gasteiger partial charge < -0.3 is 20.1 Å². The Morgan fingerprint density at radius 2 is 2.15 bits per heavy atom. The predicted octanol–water partition coefficient (Wildman–Crippen LogP) is 2.49. The third-order valence-corrected chi connectivity index (χ3v) is 5.61. The smallest absolute Gasteiger partial charge is 0.356 e. The number of likely N-dealkylation sites (N-methyl/N-ethyl adjacent to an activating group) is 1. The molecule has 0 saturated heterocycles. The van der Waals surface area contributed by atoms with Crippen LogP contribution < -0.4 is 15.2 Å². The van der Waals surface area contributed by atoms with E-state index in [1.807, 2.05) is 41.1 Å². The normalized spacial score (nSPS) is 15.6. The zero-order valence-electron chi connectivity index (χ0n) is 19.3. The molecular weight excluding hydrogens is 432 g/mol. The van der Waals surface area contributed by atoms with Crippen molar-refractivity contribution in [2.45, 2.75) is 18.9 Å². The highest BCUT2D eigenvalue weighted by atomic mass is 16.5. The van der Waals surface area contributed by atoms with Crippen molar-refractivity contribution in [2.24, 2.45) is 0 Å². The number of fused-ring (bicyclic) bond motifs is 1. The molecule has 2 heterocycles. The second kappa shape index (κ2) is 10.8. The Bertz CT molecular complexity index is 1230. The summed E-state index contributed by atoms with van der Waals surface area (Å²) in [4.78, 5) is 22.6. The van der Waals surface area contributed by atoms with Crippen LogP contribution in [0.15, 0.2) is 72.8 Å². The van der Waals surface area contributed by atoms with Crippen LogP contribution in [0.4, 0.5) is 5.82 Å². The molecule has 2 aromatic heterocycles. The molecule has 0 spiro atoms. The van der Waals surface area contributed by atoms with E-state index in [1.54, 1.807) is 25.1 Å². The maximum Gasteiger partial charge on any atom is 0.356 e. The van der Waals surface area contributed by atoms with Crippen molar-refractivity contribution in [3.8, 4) is 5.75 Å². The number of hydrogen-bond acceptors (Lipinski definition) is 6. The van der Waals surface area contributed by atoms with Gasteiger partial charge in [-0.25, -0.2) is 5.10 Å². The number of nitrogens with one attached hydrogen (secondary N) is 1. The number of aromatic nitrogens is 4. The lowest BCUT2D eigenvalue weighted by atomic mass is 9.95. The molecule has 0 aliphatic heterocycles. The summed E-state index contributed by atoms with van der Waals surface area (Å²) in [5.74, 6) is 2.00. The molecule has 4 rings (SSSR count). The summed E-state index contributed by atoms with van der Waals surface area (Å²) in [5.41, 5.74) is 7.89. The van der Waals surface area contributed by atoms with Crippen LogP contribution in [0.5, 0.6) is 5.75 Å². The lowest BCUT2D eigenvalue weighted by Gasteiger charge is -2.16. The molecule has 0 fully saturated rings. The van der Waals surface area contributed by atoms with Gasteiger partial charge in [0.2, 0.25) is 12.2 Å². The van der Waals surface area contributed by atoms with E-state index in [0.717, 1.165) is 29.0 Å². The minimum Gasteiger partial charge on any atom is -0.458 e. The van der Waals surface area contributed by atoms with Crippen LogP contribution in [0.1, 0.15) is 18.0 Å². The number of anilines is 1. The van der Waals surface area contributed by atoms with Gasteiger partial charge in [-0.2, -0.15) is 9.67 Å². The van der Waals surface area contributed by atoms with E-state index in [4.69, 9.17) is 15.2 Å². The number of para-hydroxylation sites is 1. The molecule has 0 saturated carbocycles. The number of benzene rings is 1.